The van der Waals surface area contributed by atoms with Crippen molar-refractivity contribution in [1.82, 2.24) is 0 Å². The van der Waals surface area contributed by atoms with Crippen LogP contribution in [0.15, 0.2) is 70.6 Å². The van der Waals surface area contributed by atoms with Crippen molar-refractivity contribution in [2.45, 2.75) is 4.90 Å². The third-order valence-electron chi connectivity index (χ3n) is 3.82. The maximum Gasteiger partial charge on any atom is 0.317 e. The summed E-state index contributed by atoms with van der Waals surface area (Å²) in [5.74, 6) is -0.403. The third kappa shape index (κ3) is 3.02. The molecule has 4 rings (SSSR count). The monoisotopic (exact) mass is 352 g/mol. The first-order valence-corrected chi connectivity index (χ1v) is 8.85. The minimum absolute atomic E-state index is 0.0549. The molecule has 25 heavy (non-hydrogen) atoms. The van der Waals surface area contributed by atoms with Crippen molar-refractivity contribution in [2.75, 3.05) is 5.48 Å². The van der Waals surface area contributed by atoms with E-state index in [9.17, 15) is 13.2 Å². The number of carbonyl (C=O) groups excluding carboxylic acids is 1. The van der Waals surface area contributed by atoms with Gasteiger partial charge in [-0.15, -0.1) is 4.28 Å². The van der Waals surface area contributed by atoms with E-state index in [4.69, 9.17) is 4.28 Å². The van der Waals surface area contributed by atoms with Crippen LogP contribution < -0.4 is 16.1 Å². The molecule has 1 amide bonds. The van der Waals surface area contributed by atoms with Crippen LogP contribution in [0.4, 0.5) is 5.69 Å². The molecular formula is C18H12N2O4S. The molecule has 1 heterocycles. The Bertz CT molecular complexity index is 1230. The fourth-order valence-electron chi connectivity index (χ4n) is 2.59. The summed E-state index contributed by atoms with van der Waals surface area (Å²) in [6, 6.07) is 17.3. The second-order valence-corrected chi connectivity index (χ2v) is 7.06. The van der Waals surface area contributed by atoms with Crippen molar-refractivity contribution in [3.8, 4) is 0 Å². The molecule has 0 radical (unpaired) electrons. The summed E-state index contributed by atoms with van der Waals surface area (Å²) in [7, 11) is -4.03. The molecule has 0 aliphatic carbocycles. The first kappa shape index (κ1) is 15.5. The van der Waals surface area contributed by atoms with Gasteiger partial charge < -0.3 is 0 Å². The van der Waals surface area contributed by atoms with Crippen LogP contribution in [-0.2, 0) is 19.2 Å². The zero-order valence-electron chi connectivity index (χ0n) is 12.8. The van der Waals surface area contributed by atoms with Crippen LogP contribution in [0.1, 0.15) is 0 Å². The fraction of sp³-hybridized carbons (Fsp3) is 0. The van der Waals surface area contributed by atoms with Gasteiger partial charge in [0.05, 0.1) is 15.9 Å². The fourth-order valence-corrected chi connectivity index (χ4v) is 3.40. The maximum atomic E-state index is 12.3. The number of fused-ring (bicyclic) bond motifs is 2. The number of rotatable bonds is 4. The molecule has 7 heteroatoms. The number of carbonyl (C=O) groups is 1. The Morgan fingerprint density at radius 1 is 0.920 bits per heavy atom. The van der Waals surface area contributed by atoms with Crippen LogP contribution in [0.2, 0.25) is 0 Å². The summed E-state index contributed by atoms with van der Waals surface area (Å²) in [6.45, 7) is 0. The van der Waals surface area contributed by atoms with Crippen molar-refractivity contribution in [1.29, 1.82) is 0 Å². The Kier molecular flexibility index (Phi) is 3.60. The summed E-state index contributed by atoms with van der Waals surface area (Å²) < 4.78 is 29.6. The van der Waals surface area contributed by atoms with Crippen LogP contribution in [0.3, 0.4) is 0 Å². The van der Waals surface area contributed by atoms with Crippen LogP contribution in [0.25, 0.3) is 16.8 Å². The summed E-state index contributed by atoms with van der Waals surface area (Å²) in [5, 5.41) is 2.91. The van der Waals surface area contributed by atoms with Crippen molar-refractivity contribution in [2.24, 2.45) is 4.99 Å². The van der Waals surface area contributed by atoms with E-state index in [2.05, 4.69) is 10.5 Å². The number of benzene rings is 3. The lowest BCUT2D eigenvalue weighted by Crippen LogP contribution is -2.23. The number of hydrogen-bond donors (Lipinski definition) is 1. The average Bonchev–Trinajstić information content (AvgIpc) is 2.99. The van der Waals surface area contributed by atoms with Gasteiger partial charge in [0, 0.05) is 11.3 Å². The zero-order valence-corrected chi connectivity index (χ0v) is 13.7. The van der Waals surface area contributed by atoms with Crippen molar-refractivity contribution in [3.05, 3.63) is 71.2 Å². The van der Waals surface area contributed by atoms with Crippen LogP contribution in [-0.4, -0.2) is 14.3 Å². The van der Waals surface area contributed by atoms with Gasteiger partial charge in [0.1, 0.15) is 0 Å². The van der Waals surface area contributed by atoms with Gasteiger partial charge in [0.15, 0.2) is 0 Å². The second kappa shape index (κ2) is 5.80. The molecule has 0 spiro atoms. The molecule has 1 N–H and O–H groups in total. The molecule has 0 unspecified atom stereocenters. The van der Waals surface area contributed by atoms with E-state index in [1.54, 1.807) is 12.1 Å². The number of nitrogens with zero attached hydrogens (tertiary/aromatic N) is 1. The molecule has 0 bridgehead atoms. The Morgan fingerprint density at radius 2 is 1.72 bits per heavy atom. The molecule has 6 nitrogen and oxygen atoms in total. The summed E-state index contributed by atoms with van der Waals surface area (Å²) in [6.07, 6.45) is 1.28. The predicted octanol–water partition coefficient (Wildman–Crippen LogP) is 1.51. The zero-order chi connectivity index (χ0) is 17.4. The Morgan fingerprint density at radius 3 is 2.56 bits per heavy atom. The van der Waals surface area contributed by atoms with Gasteiger partial charge in [-0.25, -0.2) is 10.5 Å². The quantitative estimate of drug-likeness (QED) is 0.720. The van der Waals surface area contributed by atoms with Gasteiger partial charge in [-0.3, -0.25) is 4.79 Å². The van der Waals surface area contributed by atoms with Gasteiger partial charge in [-0.1, -0.05) is 30.3 Å². The molecule has 0 saturated carbocycles. The number of anilines is 1. The number of hydrogen-bond acceptors (Lipinski definition) is 5. The van der Waals surface area contributed by atoms with E-state index in [-0.39, 0.29) is 4.90 Å². The number of nitrogens with one attached hydrogen (secondary N) is 1. The van der Waals surface area contributed by atoms with Crippen molar-refractivity contribution < 1.29 is 17.5 Å². The highest BCUT2D eigenvalue weighted by Gasteiger charge is 2.17. The normalized spacial score (nSPS) is 13.2. The molecular weight excluding hydrogens is 340 g/mol. The molecule has 3 aromatic rings. The molecule has 3 aromatic carbocycles. The van der Waals surface area contributed by atoms with Gasteiger partial charge in [0.25, 0.3) is 5.91 Å². The third-order valence-corrected chi connectivity index (χ3v) is 4.95. The minimum Gasteiger partial charge on any atom is -0.267 e. The highest BCUT2D eigenvalue weighted by Crippen LogP contribution is 2.20. The smallest absolute Gasteiger partial charge is 0.267 e. The van der Waals surface area contributed by atoms with E-state index in [1.165, 1.54) is 24.3 Å². The van der Waals surface area contributed by atoms with Gasteiger partial charge in [-0.05, 0) is 41.1 Å². The van der Waals surface area contributed by atoms with E-state index >= 15 is 0 Å². The van der Waals surface area contributed by atoms with Crippen LogP contribution >= 0.6 is 0 Å². The summed E-state index contributed by atoms with van der Waals surface area (Å²) >= 11 is 0. The summed E-state index contributed by atoms with van der Waals surface area (Å²) in [4.78, 5) is 15.0. The highest BCUT2D eigenvalue weighted by molar-refractivity contribution is 7.86. The topological polar surface area (TPSA) is 84.8 Å². The maximum absolute atomic E-state index is 12.3. The van der Waals surface area contributed by atoms with E-state index in [1.807, 2.05) is 30.3 Å². The molecule has 0 saturated heterocycles. The van der Waals surface area contributed by atoms with E-state index in [0.29, 0.717) is 16.3 Å². The first-order valence-electron chi connectivity index (χ1n) is 7.44. The molecule has 1 aliphatic heterocycles. The Balaban J connectivity index is 1.59. The SMILES string of the molecule is O=C1C=c2cc(S(=O)(=O)ONc3ccc4ccccc4c3)ccc2=N1. The van der Waals surface area contributed by atoms with E-state index < -0.39 is 16.0 Å². The molecule has 1 aliphatic rings. The van der Waals surface area contributed by atoms with Crippen molar-refractivity contribution >= 4 is 38.6 Å². The highest BCUT2D eigenvalue weighted by atomic mass is 32.2. The molecule has 0 aromatic heterocycles. The van der Waals surface area contributed by atoms with Crippen LogP contribution in [0, 0.1) is 0 Å². The molecule has 0 atom stereocenters. The predicted molar refractivity (Wildman–Crippen MR) is 92.5 cm³/mol. The number of amides is 1. The van der Waals surface area contributed by atoms with Crippen LogP contribution in [0.5, 0.6) is 0 Å². The van der Waals surface area contributed by atoms with Gasteiger partial charge in [0.2, 0.25) is 0 Å². The lowest BCUT2D eigenvalue weighted by molar-refractivity contribution is -0.112. The standard InChI is InChI=1S/C18H12N2O4S/c21-18-11-14-10-16(7-8-17(14)19-18)25(22,23)24-20-15-6-5-12-3-1-2-4-13(12)9-15/h1-11,20H. The Labute approximate surface area is 143 Å². The molecule has 0 fully saturated rings. The largest absolute Gasteiger partial charge is 0.317 e. The van der Waals surface area contributed by atoms with Gasteiger partial charge >= 0.3 is 10.1 Å². The molecule has 124 valence electrons. The average molecular weight is 352 g/mol. The lowest BCUT2D eigenvalue weighted by atomic mass is 10.1. The van der Waals surface area contributed by atoms with Gasteiger partial charge in [-0.2, -0.15) is 8.42 Å². The summed E-state index contributed by atoms with van der Waals surface area (Å²) in [5.41, 5.74) is 2.98. The van der Waals surface area contributed by atoms with E-state index in [0.717, 1.165) is 10.8 Å². The Hall–Kier alpha value is -3.03. The first-order chi connectivity index (χ1) is 12.0. The second-order valence-electron chi connectivity index (χ2n) is 5.52. The van der Waals surface area contributed by atoms with Crippen molar-refractivity contribution in [3.63, 3.8) is 0 Å². The minimum atomic E-state index is -4.03. The lowest BCUT2D eigenvalue weighted by Gasteiger charge is -2.08.